The van der Waals surface area contributed by atoms with Gasteiger partial charge in [0.05, 0.1) is 31.7 Å². The van der Waals surface area contributed by atoms with Crippen LogP contribution in [0.4, 0.5) is 0 Å². The summed E-state index contributed by atoms with van der Waals surface area (Å²) in [5.41, 5.74) is 0. The minimum absolute atomic E-state index is 0.0413. The van der Waals surface area contributed by atoms with Crippen LogP contribution in [0.15, 0.2) is 12.2 Å². The minimum Gasteiger partial charge on any atom is -0.463 e. The molecule has 0 saturated carbocycles. The Balaban J connectivity index is 1.45. The van der Waals surface area contributed by atoms with Crippen LogP contribution >= 0.6 is 0 Å². The number of esters is 1. The molecule has 0 spiro atoms. The molecule has 4 atom stereocenters. The molecular formula is C31H56O8S. The Hall–Kier alpha value is -1.00. The van der Waals surface area contributed by atoms with Gasteiger partial charge in [-0.3, -0.25) is 4.18 Å². The number of unbranched alkanes of at least 4 members (excludes halogenated alkanes) is 14. The molecule has 0 aliphatic carbocycles. The van der Waals surface area contributed by atoms with Crippen LogP contribution in [-0.2, 0) is 33.3 Å². The molecule has 0 amide bonds. The predicted octanol–water partition coefficient (Wildman–Crippen LogP) is 6.74. The van der Waals surface area contributed by atoms with E-state index in [1.165, 1.54) is 63.9 Å². The first-order valence-corrected chi connectivity index (χ1v) is 17.8. The summed E-state index contributed by atoms with van der Waals surface area (Å²) in [7, 11) is -3.29. The Morgan fingerprint density at radius 2 is 1.50 bits per heavy atom. The molecule has 234 valence electrons. The lowest BCUT2D eigenvalue weighted by atomic mass is 9.94. The number of allylic oxidation sites excluding steroid dienone is 1. The third-order valence-corrected chi connectivity index (χ3v) is 8.53. The van der Waals surface area contributed by atoms with Crippen LogP contribution in [0.2, 0.25) is 0 Å². The van der Waals surface area contributed by atoms with E-state index < -0.39 is 22.0 Å². The van der Waals surface area contributed by atoms with Crippen LogP contribution in [0.5, 0.6) is 0 Å². The Morgan fingerprint density at radius 3 is 2.10 bits per heavy atom. The monoisotopic (exact) mass is 588 g/mol. The highest BCUT2D eigenvalue weighted by Gasteiger charge is 2.52. The van der Waals surface area contributed by atoms with E-state index in [1.807, 2.05) is 6.08 Å². The van der Waals surface area contributed by atoms with Gasteiger partial charge < -0.3 is 19.3 Å². The second kappa shape index (κ2) is 20.0. The number of carbonyl (C=O) groups excluding carboxylic acids is 1. The van der Waals surface area contributed by atoms with Crippen LogP contribution in [0, 0.1) is 0 Å². The van der Waals surface area contributed by atoms with Crippen LogP contribution in [-0.4, -0.2) is 63.1 Å². The molecule has 2 heterocycles. The Kier molecular flexibility index (Phi) is 17.6. The first kappa shape index (κ1) is 35.2. The smallest absolute Gasteiger partial charge is 0.330 e. The summed E-state index contributed by atoms with van der Waals surface area (Å²) in [5.74, 6) is -0.787. The number of aliphatic hydroxyl groups is 1. The normalized spacial score (nSPS) is 24.6. The van der Waals surface area contributed by atoms with Gasteiger partial charge in [0.1, 0.15) is 6.10 Å². The van der Waals surface area contributed by atoms with Crippen molar-refractivity contribution in [2.75, 3.05) is 19.5 Å². The Morgan fingerprint density at radius 1 is 0.900 bits per heavy atom. The third kappa shape index (κ3) is 15.3. The molecule has 1 N–H and O–H groups in total. The third-order valence-electron chi connectivity index (χ3n) is 7.93. The van der Waals surface area contributed by atoms with Crippen LogP contribution in [0.3, 0.4) is 0 Å². The second-order valence-corrected chi connectivity index (χ2v) is 13.2. The van der Waals surface area contributed by atoms with Gasteiger partial charge in [-0.25, -0.2) is 4.79 Å². The maximum Gasteiger partial charge on any atom is 0.330 e. The summed E-state index contributed by atoms with van der Waals surface area (Å²) < 4.78 is 44.2. The number of hydrogen-bond acceptors (Lipinski definition) is 8. The fourth-order valence-corrected chi connectivity index (χ4v) is 6.19. The topological polar surface area (TPSA) is 108 Å². The van der Waals surface area contributed by atoms with Crippen molar-refractivity contribution in [3.8, 4) is 0 Å². The SMILES string of the molecule is CCOC(=O)/C=C/CCCC[C@H]1O[C@]2(CCCCCCCCCCCCCCCOS(C)(=O)=O)CC[C@@H](O)[C@H]1O2. The van der Waals surface area contributed by atoms with Crippen molar-refractivity contribution in [2.24, 2.45) is 0 Å². The van der Waals surface area contributed by atoms with Crippen molar-refractivity contribution in [3.05, 3.63) is 12.2 Å². The molecule has 2 rings (SSSR count). The van der Waals surface area contributed by atoms with Gasteiger partial charge in [0, 0.05) is 18.9 Å². The van der Waals surface area contributed by atoms with Gasteiger partial charge in [0.15, 0.2) is 5.79 Å². The fraction of sp³-hybridized carbons (Fsp3) is 0.903. The van der Waals surface area contributed by atoms with E-state index in [4.69, 9.17) is 18.4 Å². The average Bonchev–Trinajstić information content (AvgIpc) is 3.21. The molecule has 8 nitrogen and oxygen atoms in total. The molecule has 0 aromatic carbocycles. The van der Waals surface area contributed by atoms with Crippen LogP contribution < -0.4 is 0 Å². The van der Waals surface area contributed by atoms with E-state index in [0.29, 0.717) is 13.2 Å². The first-order chi connectivity index (χ1) is 19.2. The molecule has 0 aromatic heterocycles. The van der Waals surface area contributed by atoms with Crippen LogP contribution in [0.1, 0.15) is 135 Å². The highest BCUT2D eigenvalue weighted by atomic mass is 32.2. The van der Waals surface area contributed by atoms with Gasteiger partial charge in [-0.1, -0.05) is 83.1 Å². The molecule has 2 aliphatic heterocycles. The standard InChI is InChI=1S/C31H56O8S/c1-3-36-29(33)22-18-14-13-17-21-28-30-27(32)23-25-31(38-28,39-30)24-19-15-11-9-7-5-4-6-8-10-12-16-20-26-37-40(2,34)35/h18,22,27-28,30,32H,3-17,19-21,23-26H2,1-2H3/b22-18+/t27-,28-,30-,31+/m1/s1. The van der Waals surface area contributed by atoms with E-state index in [1.54, 1.807) is 6.92 Å². The molecule has 40 heavy (non-hydrogen) atoms. The number of hydrogen-bond donors (Lipinski definition) is 1. The summed E-state index contributed by atoms with van der Waals surface area (Å²) in [5, 5.41) is 10.5. The largest absolute Gasteiger partial charge is 0.463 e. The maximum atomic E-state index is 11.4. The Labute approximate surface area is 243 Å². The van der Waals surface area contributed by atoms with Crippen molar-refractivity contribution >= 4 is 16.1 Å². The van der Waals surface area contributed by atoms with Crippen molar-refractivity contribution in [1.82, 2.24) is 0 Å². The summed E-state index contributed by atoms with van der Waals surface area (Å²) in [6, 6.07) is 0. The summed E-state index contributed by atoms with van der Waals surface area (Å²) in [6.07, 6.45) is 25.4. The van der Waals surface area contributed by atoms with E-state index in [-0.39, 0.29) is 18.2 Å². The van der Waals surface area contributed by atoms with Crippen molar-refractivity contribution in [1.29, 1.82) is 0 Å². The van der Waals surface area contributed by atoms with Crippen LogP contribution in [0.25, 0.3) is 0 Å². The quantitative estimate of drug-likeness (QED) is 0.0572. The van der Waals surface area contributed by atoms with Crippen molar-refractivity contribution in [3.63, 3.8) is 0 Å². The highest BCUT2D eigenvalue weighted by Crippen LogP contribution is 2.44. The average molecular weight is 589 g/mol. The first-order valence-electron chi connectivity index (χ1n) is 16.0. The lowest BCUT2D eigenvalue weighted by Crippen LogP contribution is -2.41. The summed E-state index contributed by atoms with van der Waals surface area (Å²) in [6.45, 7) is 2.51. The number of fused-ring (bicyclic) bond motifs is 2. The number of aliphatic hydroxyl groups excluding tert-OH is 1. The summed E-state index contributed by atoms with van der Waals surface area (Å²) in [4.78, 5) is 11.4. The fourth-order valence-electron chi connectivity index (χ4n) is 5.77. The van der Waals surface area contributed by atoms with Gasteiger partial charge in [0.25, 0.3) is 10.1 Å². The Bertz CT molecular complexity index is 814. The number of carbonyl (C=O) groups is 1. The van der Waals surface area contributed by atoms with Gasteiger partial charge in [-0.15, -0.1) is 0 Å². The minimum atomic E-state index is -3.29. The van der Waals surface area contributed by atoms with Gasteiger partial charge in [-0.2, -0.15) is 8.42 Å². The lowest BCUT2D eigenvalue weighted by molar-refractivity contribution is -0.214. The van der Waals surface area contributed by atoms with Gasteiger partial charge >= 0.3 is 5.97 Å². The molecule has 2 bridgehead atoms. The zero-order valence-corrected chi connectivity index (χ0v) is 26.0. The molecular weight excluding hydrogens is 532 g/mol. The van der Waals surface area contributed by atoms with Crippen molar-refractivity contribution < 1.29 is 36.7 Å². The molecule has 0 aromatic rings. The molecule has 2 fully saturated rings. The number of rotatable bonds is 24. The molecule has 2 aliphatic rings. The molecule has 0 radical (unpaired) electrons. The van der Waals surface area contributed by atoms with E-state index in [9.17, 15) is 18.3 Å². The van der Waals surface area contributed by atoms with Gasteiger partial charge in [0.2, 0.25) is 0 Å². The van der Waals surface area contributed by atoms with E-state index in [2.05, 4.69) is 0 Å². The zero-order chi connectivity index (χ0) is 29.1. The molecule has 9 heteroatoms. The van der Waals surface area contributed by atoms with E-state index >= 15 is 0 Å². The predicted molar refractivity (Wildman–Crippen MR) is 157 cm³/mol. The maximum absolute atomic E-state index is 11.4. The van der Waals surface area contributed by atoms with E-state index in [0.717, 1.165) is 76.9 Å². The van der Waals surface area contributed by atoms with Crippen molar-refractivity contribution in [2.45, 2.75) is 159 Å². The highest BCUT2D eigenvalue weighted by molar-refractivity contribution is 7.85. The second-order valence-electron chi connectivity index (χ2n) is 11.6. The molecule has 2 saturated heterocycles. The lowest BCUT2D eigenvalue weighted by Gasteiger charge is -2.33. The molecule has 0 unspecified atom stereocenters. The number of ether oxygens (including phenoxy) is 3. The van der Waals surface area contributed by atoms with Gasteiger partial charge in [-0.05, 0) is 45.4 Å². The zero-order valence-electron chi connectivity index (χ0n) is 25.2. The summed E-state index contributed by atoms with van der Waals surface area (Å²) >= 11 is 0.